The molecule has 0 bridgehead atoms. The number of carbonyl (C=O) groups is 1. The number of ether oxygens (including phenoxy) is 1. The Morgan fingerprint density at radius 1 is 1.60 bits per heavy atom. The van der Waals surface area contributed by atoms with E-state index in [9.17, 15) is 4.79 Å². The van der Waals surface area contributed by atoms with Crippen LogP contribution in [0.3, 0.4) is 0 Å². The van der Waals surface area contributed by atoms with Crippen molar-refractivity contribution in [2.75, 3.05) is 20.3 Å². The van der Waals surface area contributed by atoms with E-state index in [4.69, 9.17) is 4.74 Å². The van der Waals surface area contributed by atoms with Crippen molar-refractivity contribution in [2.24, 2.45) is 5.92 Å². The monoisotopic (exact) mass is 214 g/mol. The summed E-state index contributed by atoms with van der Waals surface area (Å²) in [6.07, 6.45) is 1.07. The van der Waals surface area contributed by atoms with Gasteiger partial charge in [-0.2, -0.15) is 0 Å². The summed E-state index contributed by atoms with van der Waals surface area (Å²) < 4.78 is 5.06. The minimum Gasteiger partial charge on any atom is -0.382 e. The molecule has 1 aliphatic rings. The summed E-state index contributed by atoms with van der Waals surface area (Å²) in [6, 6.07) is -0.0406. The fourth-order valence-electron chi connectivity index (χ4n) is 1.99. The molecule has 1 fully saturated rings. The van der Waals surface area contributed by atoms with Gasteiger partial charge in [0, 0.05) is 7.11 Å². The molecule has 0 aliphatic carbocycles. The Kier molecular flexibility index (Phi) is 4.11. The van der Waals surface area contributed by atoms with Crippen molar-refractivity contribution in [1.82, 2.24) is 10.6 Å². The third kappa shape index (κ3) is 3.47. The van der Waals surface area contributed by atoms with Crippen LogP contribution in [-0.4, -0.2) is 37.7 Å². The van der Waals surface area contributed by atoms with Crippen molar-refractivity contribution in [3.05, 3.63) is 0 Å². The Hall–Kier alpha value is -0.610. The van der Waals surface area contributed by atoms with E-state index in [0.29, 0.717) is 12.5 Å². The van der Waals surface area contributed by atoms with Crippen LogP contribution in [-0.2, 0) is 9.53 Å². The largest absolute Gasteiger partial charge is 0.382 e. The van der Waals surface area contributed by atoms with E-state index in [0.717, 1.165) is 13.0 Å². The van der Waals surface area contributed by atoms with Crippen molar-refractivity contribution in [2.45, 2.75) is 38.8 Å². The van der Waals surface area contributed by atoms with Crippen LogP contribution in [0.5, 0.6) is 0 Å². The van der Waals surface area contributed by atoms with E-state index in [1.807, 2.05) is 13.8 Å². The highest BCUT2D eigenvalue weighted by Crippen LogP contribution is 2.15. The highest BCUT2D eigenvalue weighted by Gasteiger charge is 2.32. The highest BCUT2D eigenvalue weighted by atomic mass is 16.5. The van der Waals surface area contributed by atoms with Crippen LogP contribution >= 0.6 is 0 Å². The van der Waals surface area contributed by atoms with Gasteiger partial charge in [-0.1, -0.05) is 6.92 Å². The maximum atomic E-state index is 11.9. The van der Waals surface area contributed by atoms with Gasteiger partial charge in [-0.15, -0.1) is 0 Å². The molecule has 2 atom stereocenters. The summed E-state index contributed by atoms with van der Waals surface area (Å²) in [4.78, 5) is 11.9. The molecule has 0 spiro atoms. The Morgan fingerprint density at radius 3 is 2.73 bits per heavy atom. The minimum atomic E-state index is -0.296. The Morgan fingerprint density at radius 2 is 2.27 bits per heavy atom. The van der Waals surface area contributed by atoms with Crippen LogP contribution in [0, 0.1) is 5.92 Å². The number of carbonyl (C=O) groups excluding carboxylic acids is 1. The predicted molar refractivity (Wildman–Crippen MR) is 59.7 cm³/mol. The van der Waals surface area contributed by atoms with Gasteiger partial charge < -0.3 is 15.4 Å². The van der Waals surface area contributed by atoms with Gasteiger partial charge in [-0.05, 0) is 32.7 Å². The smallest absolute Gasteiger partial charge is 0.237 e. The molecule has 4 nitrogen and oxygen atoms in total. The SMILES string of the molecule is COCC(C)(C)NC(=O)C1NCCC1C. The standard InChI is InChI=1S/C11H22N2O2/c1-8-5-6-12-9(8)10(14)13-11(2,3)7-15-4/h8-9,12H,5-7H2,1-4H3,(H,13,14). The number of hydrogen-bond donors (Lipinski definition) is 2. The summed E-state index contributed by atoms with van der Waals surface area (Å²) in [5.74, 6) is 0.505. The quantitative estimate of drug-likeness (QED) is 0.717. The predicted octanol–water partition coefficient (Wildman–Crippen LogP) is 0.526. The lowest BCUT2D eigenvalue weighted by atomic mass is 10.0. The van der Waals surface area contributed by atoms with Crippen LogP contribution in [0.1, 0.15) is 27.2 Å². The lowest BCUT2D eigenvalue weighted by Gasteiger charge is -2.28. The number of hydrogen-bond acceptors (Lipinski definition) is 3. The van der Waals surface area contributed by atoms with E-state index in [1.54, 1.807) is 7.11 Å². The van der Waals surface area contributed by atoms with E-state index >= 15 is 0 Å². The summed E-state index contributed by atoms with van der Waals surface area (Å²) in [6.45, 7) is 7.50. The van der Waals surface area contributed by atoms with Crippen LogP contribution in [0.25, 0.3) is 0 Å². The average molecular weight is 214 g/mol. The van der Waals surface area contributed by atoms with Gasteiger partial charge in [0.25, 0.3) is 0 Å². The van der Waals surface area contributed by atoms with Gasteiger partial charge in [-0.3, -0.25) is 4.79 Å². The molecule has 0 radical (unpaired) electrons. The molecule has 1 aliphatic heterocycles. The van der Waals surface area contributed by atoms with Crippen LogP contribution in [0.15, 0.2) is 0 Å². The number of rotatable bonds is 4. The molecule has 4 heteroatoms. The first kappa shape index (κ1) is 12.5. The zero-order valence-corrected chi connectivity index (χ0v) is 10.1. The summed E-state index contributed by atoms with van der Waals surface area (Å²) in [5.41, 5.74) is -0.296. The van der Waals surface area contributed by atoms with Gasteiger partial charge in [0.1, 0.15) is 0 Å². The summed E-state index contributed by atoms with van der Waals surface area (Å²) in [5, 5.41) is 6.22. The highest BCUT2D eigenvalue weighted by molar-refractivity contribution is 5.83. The molecular weight excluding hydrogens is 192 g/mol. The molecule has 2 N–H and O–H groups in total. The van der Waals surface area contributed by atoms with Gasteiger partial charge in [-0.25, -0.2) is 0 Å². The maximum Gasteiger partial charge on any atom is 0.237 e. The number of amides is 1. The van der Waals surface area contributed by atoms with Crippen molar-refractivity contribution >= 4 is 5.91 Å². The first-order valence-electron chi connectivity index (χ1n) is 5.50. The molecule has 15 heavy (non-hydrogen) atoms. The van der Waals surface area contributed by atoms with Crippen molar-refractivity contribution < 1.29 is 9.53 Å². The van der Waals surface area contributed by atoms with E-state index in [2.05, 4.69) is 17.6 Å². The zero-order valence-electron chi connectivity index (χ0n) is 10.1. The average Bonchev–Trinajstić information content (AvgIpc) is 2.50. The fraction of sp³-hybridized carbons (Fsp3) is 0.909. The van der Waals surface area contributed by atoms with Crippen molar-refractivity contribution in [3.63, 3.8) is 0 Å². The van der Waals surface area contributed by atoms with Gasteiger partial charge in [0.15, 0.2) is 0 Å². The summed E-state index contributed by atoms with van der Waals surface area (Å²) >= 11 is 0. The molecule has 0 aromatic heterocycles. The third-order valence-corrected chi connectivity index (χ3v) is 2.78. The molecular formula is C11H22N2O2. The molecule has 0 aromatic rings. The Labute approximate surface area is 91.8 Å². The summed E-state index contributed by atoms with van der Waals surface area (Å²) in [7, 11) is 1.64. The normalized spacial score (nSPS) is 26.7. The van der Waals surface area contributed by atoms with Crippen LogP contribution in [0.4, 0.5) is 0 Å². The second kappa shape index (κ2) is 4.94. The molecule has 0 saturated carbocycles. The molecule has 0 aromatic carbocycles. The Bertz CT molecular complexity index is 229. The van der Waals surface area contributed by atoms with Crippen molar-refractivity contribution in [1.29, 1.82) is 0 Å². The number of nitrogens with one attached hydrogen (secondary N) is 2. The lowest BCUT2D eigenvalue weighted by molar-refractivity contribution is -0.125. The van der Waals surface area contributed by atoms with Crippen LogP contribution < -0.4 is 10.6 Å². The second-order valence-corrected chi connectivity index (χ2v) is 5.00. The van der Waals surface area contributed by atoms with Gasteiger partial charge in [0.2, 0.25) is 5.91 Å². The Balaban J connectivity index is 2.47. The molecule has 88 valence electrons. The molecule has 1 heterocycles. The zero-order chi connectivity index (χ0) is 11.5. The van der Waals surface area contributed by atoms with Gasteiger partial charge in [0.05, 0.1) is 18.2 Å². The first-order valence-corrected chi connectivity index (χ1v) is 5.50. The minimum absolute atomic E-state index is 0.0406. The third-order valence-electron chi connectivity index (χ3n) is 2.78. The second-order valence-electron chi connectivity index (χ2n) is 5.00. The van der Waals surface area contributed by atoms with Gasteiger partial charge >= 0.3 is 0 Å². The first-order chi connectivity index (χ1) is 6.96. The molecule has 2 unspecified atom stereocenters. The fourth-order valence-corrected chi connectivity index (χ4v) is 1.99. The van der Waals surface area contributed by atoms with E-state index in [1.165, 1.54) is 0 Å². The maximum absolute atomic E-state index is 11.9. The van der Waals surface area contributed by atoms with E-state index < -0.39 is 0 Å². The molecule has 1 amide bonds. The lowest BCUT2D eigenvalue weighted by Crippen LogP contribution is -2.53. The topological polar surface area (TPSA) is 50.4 Å². The van der Waals surface area contributed by atoms with Crippen molar-refractivity contribution in [3.8, 4) is 0 Å². The van der Waals surface area contributed by atoms with Crippen LogP contribution in [0.2, 0.25) is 0 Å². The molecule has 1 rings (SSSR count). The van der Waals surface area contributed by atoms with E-state index in [-0.39, 0.29) is 17.5 Å². The number of methoxy groups -OCH3 is 1. The molecule has 1 saturated heterocycles.